The van der Waals surface area contributed by atoms with Gasteiger partial charge in [0.15, 0.2) is 0 Å². The van der Waals surface area contributed by atoms with Crippen molar-refractivity contribution in [2.45, 2.75) is 26.4 Å². The van der Waals surface area contributed by atoms with Crippen LogP contribution in [0.4, 0.5) is 0 Å². The molecule has 0 unspecified atom stereocenters. The van der Waals surface area contributed by atoms with Crippen LogP contribution in [0.3, 0.4) is 0 Å². The first-order valence-corrected chi connectivity index (χ1v) is 6.88. The van der Waals surface area contributed by atoms with Gasteiger partial charge < -0.3 is 9.73 Å². The topological polar surface area (TPSA) is 38.1 Å². The molecular weight excluding hydrogens is 248 g/mol. The highest BCUT2D eigenvalue weighted by Crippen LogP contribution is 2.31. The SMILES string of the molecule is CC(C)NCc1occc1-c1cccc2ccncc12. The summed E-state index contributed by atoms with van der Waals surface area (Å²) in [5, 5.41) is 5.75. The monoisotopic (exact) mass is 266 g/mol. The number of rotatable bonds is 4. The minimum Gasteiger partial charge on any atom is -0.467 e. The summed E-state index contributed by atoms with van der Waals surface area (Å²) < 4.78 is 5.64. The second kappa shape index (κ2) is 5.47. The Kier molecular flexibility index (Phi) is 3.52. The van der Waals surface area contributed by atoms with Gasteiger partial charge in [0, 0.05) is 29.4 Å². The van der Waals surface area contributed by atoms with Crippen molar-refractivity contribution in [3.05, 3.63) is 54.7 Å². The van der Waals surface area contributed by atoms with Crippen molar-refractivity contribution < 1.29 is 4.42 Å². The van der Waals surface area contributed by atoms with E-state index in [1.54, 1.807) is 6.26 Å². The maximum Gasteiger partial charge on any atom is 0.125 e. The number of fused-ring (bicyclic) bond motifs is 1. The molecule has 0 spiro atoms. The largest absolute Gasteiger partial charge is 0.467 e. The molecule has 3 rings (SSSR count). The van der Waals surface area contributed by atoms with E-state index in [4.69, 9.17) is 4.42 Å². The highest BCUT2D eigenvalue weighted by atomic mass is 16.3. The first kappa shape index (κ1) is 12.9. The summed E-state index contributed by atoms with van der Waals surface area (Å²) in [4.78, 5) is 4.24. The van der Waals surface area contributed by atoms with Crippen molar-refractivity contribution in [2.75, 3.05) is 0 Å². The Morgan fingerprint density at radius 2 is 2.05 bits per heavy atom. The van der Waals surface area contributed by atoms with E-state index in [1.807, 2.05) is 24.5 Å². The smallest absolute Gasteiger partial charge is 0.125 e. The minimum atomic E-state index is 0.433. The molecule has 0 saturated carbocycles. The van der Waals surface area contributed by atoms with Crippen LogP contribution in [0.15, 0.2) is 53.4 Å². The van der Waals surface area contributed by atoms with E-state index in [9.17, 15) is 0 Å². The van der Waals surface area contributed by atoms with Gasteiger partial charge >= 0.3 is 0 Å². The lowest BCUT2D eigenvalue weighted by Crippen LogP contribution is -2.21. The first-order valence-electron chi connectivity index (χ1n) is 6.88. The summed E-state index contributed by atoms with van der Waals surface area (Å²) >= 11 is 0. The minimum absolute atomic E-state index is 0.433. The van der Waals surface area contributed by atoms with Gasteiger partial charge in [-0.15, -0.1) is 0 Å². The fourth-order valence-corrected chi connectivity index (χ4v) is 2.36. The van der Waals surface area contributed by atoms with Crippen molar-refractivity contribution in [1.82, 2.24) is 10.3 Å². The number of hydrogen-bond acceptors (Lipinski definition) is 3. The molecule has 0 saturated heterocycles. The number of furan rings is 1. The Morgan fingerprint density at radius 3 is 2.90 bits per heavy atom. The van der Waals surface area contributed by atoms with Gasteiger partial charge in [0.25, 0.3) is 0 Å². The lowest BCUT2D eigenvalue weighted by molar-refractivity contribution is 0.466. The van der Waals surface area contributed by atoms with E-state index in [-0.39, 0.29) is 0 Å². The van der Waals surface area contributed by atoms with E-state index in [0.717, 1.165) is 23.3 Å². The quantitative estimate of drug-likeness (QED) is 0.775. The Hall–Kier alpha value is -2.13. The fourth-order valence-electron chi connectivity index (χ4n) is 2.36. The molecule has 0 fully saturated rings. The van der Waals surface area contributed by atoms with Crippen molar-refractivity contribution in [2.24, 2.45) is 0 Å². The molecule has 3 nitrogen and oxygen atoms in total. The molecule has 3 heteroatoms. The van der Waals surface area contributed by atoms with Crippen LogP contribution in [0, 0.1) is 0 Å². The summed E-state index contributed by atoms with van der Waals surface area (Å²) in [5.41, 5.74) is 2.31. The zero-order valence-electron chi connectivity index (χ0n) is 11.8. The molecule has 3 aromatic rings. The molecule has 20 heavy (non-hydrogen) atoms. The molecule has 0 radical (unpaired) electrons. The standard InChI is InChI=1S/C17H18N2O/c1-12(2)19-11-17-15(7-9-20-17)14-5-3-4-13-6-8-18-10-16(13)14/h3-10,12,19H,11H2,1-2H3. The third-order valence-corrected chi connectivity index (χ3v) is 3.39. The van der Waals surface area contributed by atoms with Crippen LogP contribution >= 0.6 is 0 Å². The van der Waals surface area contributed by atoms with Crippen LogP contribution in [0.2, 0.25) is 0 Å². The molecule has 1 aromatic carbocycles. The first-order chi connectivity index (χ1) is 9.75. The van der Waals surface area contributed by atoms with Crippen LogP contribution in [0.1, 0.15) is 19.6 Å². The highest BCUT2D eigenvalue weighted by Gasteiger charge is 2.11. The van der Waals surface area contributed by atoms with Gasteiger partial charge in [0.05, 0.1) is 12.8 Å². The van der Waals surface area contributed by atoms with Gasteiger partial charge in [-0.1, -0.05) is 32.0 Å². The predicted octanol–water partition coefficient (Wildman–Crippen LogP) is 3.99. The Labute approximate surface area is 118 Å². The number of nitrogens with one attached hydrogen (secondary N) is 1. The third kappa shape index (κ3) is 2.45. The summed E-state index contributed by atoms with van der Waals surface area (Å²) in [5.74, 6) is 0.968. The van der Waals surface area contributed by atoms with Crippen molar-refractivity contribution >= 4 is 10.8 Å². The van der Waals surface area contributed by atoms with Crippen LogP contribution in [-0.4, -0.2) is 11.0 Å². The van der Waals surface area contributed by atoms with Gasteiger partial charge in [0.1, 0.15) is 5.76 Å². The summed E-state index contributed by atoms with van der Waals surface area (Å²) in [6, 6.07) is 10.8. The van der Waals surface area contributed by atoms with E-state index >= 15 is 0 Å². The lowest BCUT2D eigenvalue weighted by atomic mass is 10.00. The van der Waals surface area contributed by atoms with Crippen LogP contribution in [0.5, 0.6) is 0 Å². The van der Waals surface area contributed by atoms with E-state index in [1.165, 1.54) is 10.9 Å². The fraction of sp³-hybridized carbons (Fsp3) is 0.235. The zero-order chi connectivity index (χ0) is 13.9. The number of benzene rings is 1. The molecule has 0 bridgehead atoms. The van der Waals surface area contributed by atoms with Crippen LogP contribution < -0.4 is 5.32 Å². The summed E-state index contributed by atoms with van der Waals surface area (Å²) in [6.07, 6.45) is 5.49. The highest BCUT2D eigenvalue weighted by molar-refractivity contribution is 5.96. The third-order valence-electron chi connectivity index (χ3n) is 3.39. The van der Waals surface area contributed by atoms with Crippen LogP contribution in [-0.2, 0) is 6.54 Å². The molecule has 0 aliphatic heterocycles. The van der Waals surface area contributed by atoms with Gasteiger partial charge in [0.2, 0.25) is 0 Å². The molecule has 0 atom stereocenters. The maximum atomic E-state index is 5.64. The van der Waals surface area contributed by atoms with E-state index < -0.39 is 0 Å². The molecule has 2 aromatic heterocycles. The van der Waals surface area contributed by atoms with Crippen LogP contribution in [0.25, 0.3) is 21.9 Å². The Morgan fingerprint density at radius 1 is 1.15 bits per heavy atom. The summed E-state index contributed by atoms with van der Waals surface area (Å²) in [6.45, 7) is 4.99. The number of pyridine rings is 1. The molecule has 102 valence electrons. The van der Waals surface area contributed by atoms with Gasteiger partial charge in [-0.2, -0.15) is 0 Å². The van der Waals surface area contributed by atoms with E-state index in [0.29, 0.717) is 6.04 Å². The second-order valence-electron chi connectivity index (χ2n) is 5.20. The average Bonchev–Trinajstić information content (AvgIpc) is 2.92. The normalized spacial score (nSPS) is 11.3. The van der Waals surface area contributed by atoms with Gasteiger partial charge in [-0.05, 0) is 23.1 Å². The number of nitrogens with zero attached hydrogens (tertiary/aromatic N) is 1. The van der Waals surface area contributed by atoms with Crippen molar-refractivity contribution in [3.63, 3.8) is 0 Å². The molecule has 2 heterocycles. The number of aromatic nitrogens is 1. The van der Waals surface area contributed by atoms with Gasteiger partial charge in [-0.3, -0.25) is 4.98 Å². The molecule has 0 amide bonds. The zero-order valence-corrected chi connectivity index (χ0v) is 11.8. The number of hydrogen-bond donors (Lipinski definition) is 1. The molecule has 0 aliphatic rings. The van der Waals surface area contributed by atoms with Crippen molar-refractivity contribution in [1.29, 1.82) is 0 Å². The maximum absolute atomic E-state index is 5.64. The molecule has 1 N–H and O–H groups in total. The second-order valence-corrected chi connectivity index (χ2v) is 5.20. The average molecular weight is 266 g/mol. The lowest BCUT2D eigenvalue weighted by Gasteiger charge is -2.09. The molecular formula is C17H18N2O. The molecule has 0 aliphatic carbocycles. The van der Waals surface area contributed by atoms with Gasteiger partial charge in [-0.25, -0.2) is 0 Å². The van der Waals surface area contributed by atoms with Crippen molar-refractivity contribution in [3.8, 4) is 11.1 Å². The summed E-state index contributed by atoms with van der Waals surface area (Å²) in [7, 11) is 0. The Balaban J connectivity index is 2.05. The van der Waals surface area contributed by atoms with E-state index in [2.05, 4.69) is 42.3 Å². The Bertz CT molecular complexity index is 710. The predicted molar refractivity (Wildman–Crippen MR) is 81.4 cm³/mol.